The molecule has 0 spiro atoms. The van der Waals surface area contributed by atoms with Crippen LogP contribution in [0.3, 0.4) is 0 Å². The SMILES string of the molecule is C#CC(C)(C)c1cccc(Br)c1OC. The topological polar surface area (TPSA) is 9.23 Å². The molecule has 0 aliphatic heterocycles. The van der Waals surface area contributed by atoms with Gasteiger partial charge >= 0.3 is 0 Å². The molecule has 1 aromatic rings. The Morgan fingerprint density at radius 2 is 2.07 bits per heavy atom. The molecule has 0 unspecified atom stereocenters. The minimum atomic E-state index is -0.310. The molecule has 0 heterocycles. The van der Waals surface area contributed by atoms with Gasteiger partial charge in [-0.1, -0.05) is 18.1 Å². The highest BCUT2D eigenvalue weighted by Gasteiger charge is 2.22. The standard InChI is InChI=1S/C12H13BrO/c1-5-12(2,3)9-7-6-8-10(13)11(9)14-4/h1,6-8H,2-4H3. The summed E-state index contributed by atoms with van der Waals surface area (Å²) in [5.74, 6) is 3.57. The van der Waals surface area contributed by atoms with E-state index in [1.54, 1.807) is 7.11 Å². The molecule has 0 saturated heterocycles. The van der Waals surface area contributed by atoms with E-state index in [4.69, 9.17) is 11.2 Å². The van der Waals surface area contributed by atoms with E-state index in [-0.39, 0.29) is 5.41 Å². The van der Waals surface area contributed by atoms with Crippen LogP contribution in [0.15, 0.2) is 22.7 Å². The third-order valence-electron chi connectivity index (χ3n) is 2.21. The number of ether oxygens (including phenoxy) is 1. The van der Waals surface area contributed by atoms with Crippen molar-refractivity contribution >= 4 is 15.9 Å². The van der Waals surface area contributed by atoms with Crippen LogP contribution in [0, 0.1) is 12.3 Å². The van der Waals surface area contributed by atoms with Crippen molar-refractivity contribution in [1.82, 2.24) is 0 Å². The van der Waals surface area contributed by atoms with E-state index in [9.17, 15) is 0 Å². The number of hydrogen-bond donors (Lipinski definition) is 0. The number of hydrogen-bond acceptors (Lipinski definition) is 1. The second kappa shape index (κ2) is 4.06. The molecule has 0 N–H and O–H groups in total. The fraction of sp³-hybridized carbons (Fsp3) is 0.333. The lowest BCUT2D eigenvalue weighted by molar-refractivity contribution is 0.400. The van der Waals surface area contributed by atoms with Gasteiger partial charge in [0.2, 0.25) is 0 Å². The molecule has 1 rings (SSSR count). The summed E-state index contributed by atoms with van der Waals surface area (Å²) in [6.45, 7) is 3.99. The summed E-state index contributed by atoms with van der Waals surface area (Å²) in [6, 6.07) is 5.89. The predicted octanol–water partition coefficient (Wildman–Crippen LogP) is 3.37. The Balaban J connectivity index is 3.36. The van der Waals surface area contributed by atoms with Crippen LogP contribution >= 0.6 is 15.9 Å². The maximum absolute atomic E-state index is 5.49. The monoisotopic (exact) mass is 252 g/mol. The largest absolute Gasteiger partial charge is 0.495 e. The Morgan fingerprint density at radius 3 is 2.57 bits per heavy atom. The molecule has 74 valence electrons. The van der Waals surface area contributed by atoms with Crippen molar-refractivity contribution in [3.63, 3.8) is 0 Å². The van der Waals surface area contributed by atoms with Crippen LogP contribution < -0.4 is 4.74 Å². The van der Waals surface area contributed by atoms with E-state index in [1.807, 2.05) is 32.0 Å². The van der Waals surface area contributed by atoms with Crippen LogP contribution in [0.5, 0.6) is 5.75 Å². The third kappa shape index (κ3) is 1.93. The molecular formula is C12H13BrO. The van der Waals surface area contributed by atoms with Crippen LogP contribution in [0.1, 0.15) is 19.4 Å². The molecule has 2 heteroatoms. The Labute approximate surface area is 93.6 Å². The lowest BCUT2D eigenvalue weighted by Crippen LogP contribution is -2.15. The minimum absolute atomic E-state index is 0.310. The van der Waals surface area contributed by atoms with Gasteiger partial charge in [-0.15, -0.1) is 6.42 Å². The normalized spacial score (nSPS) is 10.8. The average molecular weight is 253 g/mol. The highest BCUT2D eigenvalue weighted by atomic mass is 79.9. The van der Waals surface area contributed by atoms with Gasteiger partial charge in [0.25, 0.3) is 0 Å². The van der Waals surface area contributed by atoms with Gasteiger partial charge in [-0.05, 0) is 35.8 Å². The highest BCUT2D eigenvalue weighted by Crippen LogP contribution is 2.36. The van der Waals surface area contributed by atoms with Crippen molar-refractivity contribution in [2.75, 3.05) is 7.11 Å². The van der Waals surface area contributed by atoms with Crippen LogP contribution in [-0.4, -0.2) is 7.11 Å². The van der Waals surface area contributed by atoms with Crippen molar-refractivity contribution in [2.45, 2.75) is 19.3 Å². The van der Waals surface area contributed by atoms with Gasteiger partial charge in [-0.25, -0.2) is 0 Å². The first-order valence-electron chi connectivity index (χ1n) is 4.33. The first-order valence-corrected chi connectivity index (χ1v) is 5.13. The first kappa shape index (κ1) is 11.1. The highest BCUT2D eigenvalue weighted by molar-refractivity contribution is 9.10. The fourth-order valence-corrected chi connectivity index (χ4v) is 1.81. The van der Waals surface area contributed by atoms with Crippen molar-refractivity contribution in [3.05, 3.63) is 28.2 Å². The van der Waals surface area contributed by atoms with Gasteiger partial charge in [0.15, 0.2) is 0 Å². The van der Waals surface area contributed by atoms with E-state index >= 15 is 0 Å². The zero-order valence-corrected chi connectivity index (χ0v) is 10.2. The summed E-state index contributed by atoms with van der Waals surface area (Å²) >= 11 is 3.44. The minimum Gasteiger partial charge on any atom is -0.495 e. The molecule has 14 heavy (non-hydrogen) atoms. The molecule has 0 bridgehead atoms. The van der Waals surface area contributed by atoms with Gasteiger partial charge in [-0.2, -0.15) is 0 Å². The molecule has 0 radical (unpaired) electrons. The summed E-state index contributed by atoms with van der Waals surface area (Å²) in [5, 5.41) is 0. The summed E-state index contributed by atoms with van der Waals surface area (Å²) in [5.41, 5.74) is 0.714. The van der Waals surface area contributed by atoms with E-state index in [0.717, 1.165) is 15.8 Å². The average Bonchev–Trinajstić information content (AvgIpc) is 2.17. The molecular weight excluding hydrogens is 240 g/mol. The van der Waals surface area contributed by atoms with Crippen molar-refractivity contribution in [2.24, 2.45) is 0 Å². The summed E-state index contributed by atoms with van der Waals surface area (Å²) in [4.78, 5) is 0. The Bertz CT molecular complexity index is 374. The second-order valence-corrected chi connectivity index (χ2v) is 4.44. The van der Waals surface area contributed by atoms with Crippen LogP contribution in [0.2, 0.25) is 0 Å². The second-order valence-electron chi connectivity index (χ2n) is 3.59. The Morgan fingerprint density at radius 1 is 1.43 bits per heavy atom. The summed E-state index contributed by atoms with van der Waals surface area (Å²) in [7, 11) is 1.65. The Kier molecular flexibility index (Phi) is 3.23. The van der Waals surface area contributed by atoms with Crippen LogP contribution in [0.4, 0.5) is 0 Å². The molecule has 0 fully saturated rings. The van der Waals surface area contributed by atoms with Gasteiger partial charge in [-0.3, -0.25) is 0 Å². The number of benzene rings is 1. The Hall–Kier alpha value is -0.940. The summed E-state index contributed by atoms with van der Waals surface area (Å²) < 4.78 is 6.25. The molecule has 1 aromatic carbocycles. The van der Waals surface area contributed by atoms with Gasteiger partial charge in [0, 0.05) is 5.56 Å². The zero-order valence-electron chi connectivity index (χ0n) is 8.60. The van der Waals surface area contributed by atoms with Crippen LogP contribution in [-0.2, 0) is 5.41 Å². The molecule has 0 aliphatic rings. The van der Waals surface area contributed by atoms with Crippen molar-refractivity contribution in [1.29, 1.82) is 0 Å². The molecule has 0 saturated carbocycles. The summed E-state index contributed by atoms with van der Waals surface area (Å²) in [6.07, 6.45) is 5.49. The van der Waals surface area contributed by atoms with E-state index in [1.165, 1.54) is 0 Å². The lowest BCUT2D eigenvalue weighted by atomic mass is 9.85. The number of para-hydroxylation sites is 1. The number of rotatable bonds is 2. The first-order chi connectivity index (χ1) is 6.53. The quantitative estimate of drug-likeness (QED) is 0.734. The molecule has 0 atom stereocenters. The number of methoxy groups -OCH3 is 1. The van der Waals surface area contributed by atoms with E-state index < -0.39 is 0 Å². The lowest BCUT2D eigenvalue weighted by Gasteiger charge is -2.21. The van der Waals surface area contributed by atoms with Gasteiger partial charge in [0.05, 0.1) is 17.0 Å². The molecule has 0 aromatic heterocycles. The maximum Gasteiger partial charge on any atom is 0.137 e. The van der Waals surface area contributed by atoms with Crippen molar-refractivity contribution < 1.29 is 4.74 Å². The number of terminal acetylenes is 1. The van der Waals surface area contributed by atoms with Crippen molar-refractivity contribution in [3.8, 4) is 18.1 Å². The number of halogens is 1. The maximum atomic E-state index is 5.49. The smallest absolute Gasteiger partial charge is 0.137 e. The third-order valence-corrected chi connectivity index (χ3v) is 2.83. The van der Waals surface area contributed by atoms with E-state index in [0.29, 0.717) is 0 Å². The van der Waals surface area contributed by atoms with Crippen LogP contribution in [0.25, 0.3) is 0 Å². The fourth-order valence-electron chi connectivity index (χ4n) is 1.29. The molecule has 0 amide bonds. The zero-order chi connectivity index (χ0) is 10.8. The van der Waals surface area contributed by atoms with Gasteiger partial charge < -0.3 is 4.74 Å². The molecule has 0 aliphatic carbocycles. The van der Waals surface area contributed by atoms with E-state index in [2.05, 4.69) is 21.9 Å². The molecule has 1 nitrogen and oxygen atoms in total. The predicted molar refractivity (Wildman–Crippen MR) is 62.6 cm³/mol. The van der Waals surface area contributed by atoms with Gasteiger partial charge in [0.1, 0.15) is 5.75 Å².